The molecule has 1 saturated heterocycles. The van der Waals surface area contributed by atoms with Crippen LogP contribution in [0.4, 0.5) is 13.2 Å². The zero-order valence-electron chi connectivity index (χ0n) is 18.1. The van der Waals surface area contributed by atoms with Gasteiger partial charge < -0.3 is 14.8 Å². The van der Waals surface area contributed by atoms with Gasteiger partial charge in [-0.2, -0.15) is 13.2 Å². The van der Waals surface area contributed by atoms with Gasteiger partial charge >= 0.3 is 6.18 Å². The van der Waals surface area contributed by atoms with Crippen LogP contribution in [-0.4, -0.2) is 44.7 Å². The zero-order chi connectivity index (χ0) is 24.5. The number of nitrogens with one attached hydrogen (secondary N) is 1. The first-order chi connectivity index (χ1) is 16.1. The first-order valence-electron chi connectivity index (χ1n) is 10.3. The highest BCUT2D eigenvalue weighted by atomic mass is 32.1. The lowest BCUT2D eigenvalue weighted by Gasteiger charge is -2.17. The van der Waals surface area contributed by atoms with E-state index in [4.69, 9.17) is 9.47 Å². The fourth-order valence-electron chi connectivity index (χ4n) is 3.22. The lowest BCUT2D eigenvalue weighted by Crippen LogP contribution is -2.30. The van der Waals surface area contributed by atoms with Crippen molar-refractivity contribution in [3.63, 3.8) is 0 Å². The molecular formula is C21H20F3N5O4S. The maximum absolute atomic E-state index is 13.0. The van der Waals surface area contributed by atoms with Crippen molar-refractivity contribution in [1.82, 2.24) is 24.8 Å². The van der Waals surface area contributed by atoms with E-state index >= 15 is 0 Å². The van der Waals surface area contributed by atoms with Crippen LogP contribution in [0.1, 0.15) is 46.8 Å². The van der Waals surface area contributed by atoms with Crippen LogP contribution in [-0.2, 0) is 10.9 Å². The third-order valence-corrected chi connectivity index (χ3v) is 5.97. The number of thiazole rings is 1. The zero-order valence-corrected chi connectivity index (χ0v) is 18.9. The quantitative estimate of drug-likeness (QED) is 0.560. The molecule has 1 aliphatic rings. The molecule has 1 amide bonds. The van der Waals surface area contributed by atoms with Crippen molar-refractivity contribution in [2.75, 3.05) is 13.2 Å². The number of ether oxygens (including phenoxy) is 2. The molecule has 13 heteroatoms. The summed E-state index contributed by atoms with van der Waals surface area (Å²) in [5.74, 6) is -1.86. The number of aromatic nitrogens is 4. The molecule has 34 heavy (non-hydrogen) atoms. The number of carbonyl (C=O) groups is 1. The molecule has 0 spiro atoms. The van der Waals surface area contributed by atoms with Gasteiger partial charge in [0.1, 0.15) is 6.10 Å². The lowest BCUT2D eigenvalue weighted by atomic mass is 10.1. The summed E-state index contributed by atoms with van der Waals surface area (Å²) in [6.07, 6.45) is -1.00. The Kier molecular flexibility index (Phi) is 6.66. The molecular weight excluding hydrogens is 475 g/mol. The maximum atomic E-state index is 13.0. The Balaban J connectivity index is 1.61. The van der Waals surface area contributed by atoms with Gasteiger partial charge in [-0.05, 0) is 13.8 Å². The molecule has 1 aliphatic heterocycles. The molecule has 4 heterocycles. The molecule has 3 aromatic rings. The molecule has 0 bridgehead atoms. The van der Waals surface area contributed by atoms with Crippen LogP contribution in [0.2, 0.25) is 0 Å². The van der Waals surface area contributed by atoms with Crippen molar-refractivity contribution >= 4 is 17.2 Å². The number of halogens is 3. The van der Waals surface area contributed by atoms with Gasteiger partial charge in [-0.3, -0.25) is 14.2 Å². The Labute approximate surface area is 195 Å². The van der Waals surface area contributed by atoms with Crippen molar-refractivity contribution in [2.45, 2.75) is 38.6 Å². The van der Waals surface area contributed by atoms with E-state index < -0.39 is 29.5 Å². The van der Waals surface area contributed by atoms with E-state index in [0.29, 0.717) is 30.5 Å². The summed E-state index contributed by atoms with van der Waals surface area (Å²) in [6, 6.07) is 0.632. The third-order valence-electron chi connectivity index (χ3n) is 5.01. The monoisotopic (exact) mass is 495 g/mol. The number of pyridine rings is 1. The highest BCUT2D eigenvalue weighted by Crippen LogP contribution is 2.26. The number of alkyl halides is 3. The van der Waals surface area contributed by atoms with Gasteiger partial charge in [-0.25, -0.2) is 15.0 Å². The first kappa shape index (κ1) is 23.8. The van der Waals surface area contributed by atoms with Crippen LogP contribution >= 0.6 is 11.3 Å². The fraction of sp³-hybridized carbons (Fsp3) is 0.381. The van der Waals surface area contributed by atoms with Crippen LogP contribution in [0.3, 0.4) is 0 Å². The molecule has 0 saturated carbocycles. The molecule has 0 radical (unpaired) electrons. The van der Waals surface area contributed by atoms with Gasteiger partial charge in [0.2, 0.25) is 5.82 Å². The minimum atomic E-state index is -4.66. The minimum Gasteiger partial charge on any atom is -0.482 e. The number of hydrogen-bond donors (Lipinski definition) is 1. The van der Waals surface area contributed by atoms with Gasteiger partial charge in [-0.15, -0.1) is 11.3 Å². The van der Waals surface area contributed by atoms with Crippen LogP contribution in [0, 0.1) is 6.92 Å². The smallest absolute Gasteiger partial charge is 0.451 e. The predicted octanol–water partition coefficient (Wildman–Crippen LogP) is 3.07. The molecule has 9 nitrogen and oxygen atoms in total. The summed E-state index contributed by atoms with van der Waals surface area (Å²) in [5, 5.41) is 4.82. The van der Waals surface area contributed by atoms with Gasteiger partial charge in [0, 0.05) is 42.0 Å². The number of carbonyl (C=O) groups excluding carboxylic acids is 1. The summed E-state index contributed by atoms with van der Waals surface area (Å²) in [5.41, 5.74) is 0.636. The minimum absolute atomic E-state index is 0.0264. The van der Waals surface area contributed by atoms with Crippen LogP contribution in [0.25, 0.3) is 5.13 Å². The van der Waals surface area contributed by atoms with Crippen molar-refractivity contribution in [3.8, 4) is 10.9 Å². The topological polar surface area (TPSA) is 108 Å². The van der Waals surface area contributed by atoms with E-state index in [1.54, 1.807) is 19.2 Å². The van der Waals surface area contributed by atoms with Gasteiger partial charge in [0.15, 0.2) is 10.9 Å². The Bertz CT molecular complexity index is 1240. The first-order valence-corrected chi connectivity index (χ1v) is 11.1. The Hall–Kier alpha value is -3.32. The Morgan fingerprint density at radius 3 is 2.68 bits per heavy atom. The van der Waals surface area contributed by atoms with Crippen LogP contribution < -0.4 is 15.6 Å². The average Bonchev–Trinajstić information content (AvgIpc) is 3.46. The Morgan fingerprint density at radius 1 is 1.35 bits per heavy atom. The maximum Gasteiger partial charge on any atom is 0.451 e. The third kappa shape index (κ3) is 5.25. The number of nitrogens with zero attached hydrogens (tertiary/aromatic N) is 4. The Morgan fingerprint density at radius 2 is 2.09 bits per heavy atom. The van der Waals surface area contributed by atoms with E-state index in [9.17, 15) is 22.8 Å². The summed E-state index contributed by atoms with van der Waals surface area (Å²) < 4.78 is 50.4. The van der Waals surface area contributed by atoms with E-state index in [0.717, 1.165) is 12.4 Å². The highest BCUT2D eigenvalue weighted by Gasteiger charge is 2.34. The standard InChI is InChI=1S/C21H20F3N5O4S/c1-11-10-34-20(27-11)29-8-13(5-16(18(29)31)33-15-3-4-32-9-15)17(30)28-12(2)14-6-25-19(26-7-14)21(22,23)24/h5-8,10,12,15H,3-4,9H2,1-2H3,(H,28,30)/t12-,15?/m1/s1. The van der Waals surface area contributed by atoms with Crippen molar-refractivity contribution in [1.29, 1.82) is 0 Å². The number of amides is 1. The molecule has 3 aromatic heterocycles. The average molecular weight is 495 g/mol. The second-order valence-electron chi connectivity index (χ2n) is 7.68. The molecule has 180 valence electrons. The van der Waals surface area contributed by atoms with Gasteiger partial charge in [0.05, 0.1) is 30.5 Å². The lowest BCUT2D eigenvalue weighted by molar-refractivity contribution is -0.145. The van der Waals surface area contributed by atoms with E-state index in [1.165, 1.54) is 28.2 Å². The molecule has 0 aromatic carbocycles. The summed E-state index contributed by atoms with van der Waals surface area (Å²) in [7, 11) is 0. The van der Waals surface area contributed by atoms with Gasteiger partial charge in [0.25, 0.3) is 11.5 Å². The van der Waals surface area contributed by atoms with Crippen molar-refractivity contribution < 1.29 is 27.4 Å². The van der Waals surface area contributed by atoms with E-state index in [2.05, 4.69) is 20.3 Å². The summed E-state index contributed by atoms with van der Waals surface area (Å²) in [6.45, 7) is 4.20. The molecule has 2 atom stereocenters. The SMILES string of the molecule is Cc1csc(-n2cc(C(=O)N[C@H](C)c3cnc(C(F)(F)F)nc3)cc(OC3CCOC3)c2=O)n1. The van der Waals surface area contributed by atoms with Gasteiger partial charge in [-0.1, -0.05) is 0 Å². The predicted molar refractivity (Wildman–Crippen MR) is 115 cm³/mol. The molecule has 1 fully saturated rings. The second-order valence-corrected chi connectivity index (χ2v) is 8.51. The molecule has 1 N–H and O–H groups in total. The molecule has 4 rings (SSSR count). The summed E-state index contributed by atoms with van der Waals surface area (Å²) >= 11 is 1.23. The normalized spacial score (nSPS) is 16.9. The number of rotatable bonds is 6. The second kappa shape index (κ2) is 9.50. The molecule has 0 aliphatic carbocycles. The largest absolute Gasteiger partial charge is 0.482 e. The fourth-order valence-corrected chi connectivity index (χ4v) is 3.99. The van der Waals surface area contributed by atoms with Crippen LogP contribution in [0.15, 0.2) is 34.8 Å². The molecule has 1 unspecified atom stereocenters. The van der Waals surface area contributed by atoms with Crippen molar-refractivity contribution in [2.24, 2.45) is 0 Å². The number of aryl methyl sites for hydroxylation is 1. The highest BCUT2D eigenvalue weighted by molar-refractivity contribution is 7.12. The van der Waals surface area contributed by atoms with E-state index in [-0.39, 0.29) is 23.0 Å². The number of hydrogen-bond acceptors (Lipinski definition) is 8. The van der Waals surface area contributed by atoms with Crippen molar-refractivity contribution in [3.05, 3.63) is 63.0 Å². The van der Waals surface area contributed by atoms with E-state index in [1.807, 2.05) is 0 Å². The van der Waals surface area contributed by atoms with Crippen LogP contribution in [0.5, 0.6) is 5.75 Å². The summed E-state index contributed by atoms with van der Waals surface area (Å²) in [4.78, 5) is 37.0.